The van der Waals surface area contributed by atoms with Crippen LogP contribution in [0, 0.1) is 0 Å². The summed E-state index contributed by atoms with van der Waals surface area (Å²) in [5.41, 5.74) is 0. The second kappa shape index (κ2) is 6.43. The molecule has 2 rings (SSSR count). The Morgan fingerprint density at radius 2 is 1.70 bits per heavy atom. The molecule has 0 radical (unpaired) electrons. The van der Waals surface area contributed by atoms with E-state index in [0.29, 0.717) is 6.42 Å². The van der Waals surface area contributed by atoms with E-state index in [4.69, 9.17) is 0 Å². The number of carbonyl (C=O) groups excluding carboxylic acids is 2. The summed E-state index contributed by atoms with van der Waals surface area (Å²) in [5.74, 6) is -0.241. The lowest BCUT2D eigenvalue weighted by Gasteiger charge is -2.14. The molecular weight excluding hydrogens is 282 g/mol. The van der Waals surface area contributed by atoms with E-state index in [2.05, 4.69) is 16.0 Å². The highest BCUT2D eigenvalue weighted by Crippen LogP contribution is 2.17. The lowest BCUT2D eigenvalue weighted by Crippen LogP contribution is -2.47. The predicted octanol–water partition coefficient (Wildman–Crippen LogP) is -0.468. The van der Waals surface area contributed by atoms with Crippen LogP contribution in [0.3, 0.4) is 0 Å². The third kappa shape index (κ3) is 4.66. The van der Waals surface area contributed by atoms with Gasteiger partial charge in [0, 0.05) is 12.1 Å². The van der Waals surface area contributed by atoms with Gasteiger partial charge in [0.1, 0.15) is 0 Å². The van der Waals surface area contributed by atoms with E-state index in [9.17, 15) is 18.0 Å². The molecule has 1 aliphatic carbocycles. The summed E-state index contributed by atoms with van der Waals surface area (Å²) in [6, 6.07) is -0.462. The van der Waals surface area contributed by atoms with E-state index >= 15 is 0 Å². The van der Waals surface area contributed by atoms with E-state index in [0.717, 1.165) is 25.7 Å². The van der Waals surface area contributed by atoms with Crippen LogP contribution >= 0.6 is 0 Å². The number of nitrogens with one attached hydrogen (secondary N) is 3. The van der Waals surface area contributed by atoms with Crippen molar-refractivity contribution in [3.05, 3.63) is 0 Å². The number of rotatable bonds is 4. The van der Waals surface area contributed by atoms with Gasteiger partial charge < -0.3 is 16.0 Å². The van der Waals surface area contributed by atoms with Gasteiger partial charge in [-0.25, -0.2) is 13.2 Å². The smallest absolute Gasteiger partial charge is 0.315 e. The molecule has 2 fully saturated rings. The Labute approximate surface area is 118 Å². The molecule has 7 nitrogen and oxygen atoms in total. The van der Waals surface area contributed by atoms with Crippen LogP contribution in [-0.2, 0) is 14.6 Å². The largest absolute Gasteiger partial charge is 0.351 e. The predicted molar refractivity (Wildman–Crippen MR) is 74.0 cm³/mol. The summed E-state index contributed by atoms with van der Waals surface area (Å²) >= 11 is 0. The van der Waals surface area contributed by atoms with Crippen molar-refractivity contribution >= 4 is 21.8 Å². The maximum Gasteiger partial charge on any atom is 0.315 e. The zero-order chi connectivity index (χ0) is 14.6. The Kier molecular flexibility index (Phi) is 4.85. The van der Waals surface area contributed by atoms with Crippen LogP contribution in [0.15, 0.2) is 0 Å². The highest BCUT2D eigenvalue weighted by Gasteiger charge is 2.28. The Morgan fingerprint density at radius 1 is 1.00 bits per heavy atom. The van der Waals surface area contributed by atoms with Crippen LogP contribution in [0.4, 0.5) is 4.79 Å². The average molecular weight is 303 g/mol. The normalized spacial score (nSPS) is 25.3. The number of carbonyl (C=O) groups is 2. The third-order valence-corrected chi connectivity index (χ3v) is 5.47. The first-order chi connectivity index (χ1) is 9.44. The molecule has 1 saturated carbocycles. The molecule has 2 aliphatic rings. The molecule has 0 aromatic carbocycles. The first-order valence-electron chi connectivity index (χ1n) is 6.99. The van der Waals surface area contributed by atoms with Gasteiger partial charge in [0.15, 0.2) is 9.84 Å². The number of urea groups is 1. The van der Waals surface area contributed by atoms with Crippen molar-refractivity contribution in [3.8, 4) is 0 Å². The van der Waals surface area contributed by atoms with Gasteiger partial charge in [0.2, 0.25) is 5.91 Å². The van der Waals surface area contributed by atoms with E-state index in [1.54, 1.807) is 0 Å². The van der Waals surface area contributed by atoms with E-state index in [1.165, 1.54) is 0 Å². The molecule has 1 saturated heterocycles. The van der Waals surface area contributed by atoms with Crippen LogP contribution in [0.2, 0.25) is 0 Å². The highest BCUT2D eigenvalue weighted by atomic mass is 32.2. The van der Waals surface area contributed by atoms with Gasteiger partial charge in [-0.15, -0.1) is 0 Å². The lowest BCUT2D eigenvalue weighted by atomic mass is 10.2. The molecule has 1 atom stereocenters. The molecule has 0 aromatic heterocycles. The number of hydrogen-bond donors (Lipinski definition) is 3. The van der Waals surface area contributed by atoms with Crippen LogP contribution in [0.25, 0.3) is 0 Å². The number of hydrogen-bond acceptors (Lipinski definition) is 4. The van der Waals surface area contributed by atoms with Crippen LogP contribution in [-0.4, -0.2) is 50.5 Å². The van der Waals surface area contributed by atoms with Crippen LogP contribution in [0.5, 0.6) is 0 Å². The van der Waals surface area contributed by atoms with Gasteiger partial charge in [-0.2, -0.15) is 0 Å². The van der Waals surface area contributed by atoms with Crippen molar-refractivity contribution in [2.75, 3.05) is 18.1 Å². The maximum absolute atomic E-state index is 11.6. The minimum atomic E-state index is -3.00. The van der Waals surface area contributed by atoms with E-state index in [1.807, 2.05) is 0 Å². The molecular formula is C12H21N3O4S. The van der Waals surface area contributed by atoms with Crippen molar-refractivity contribution in [1.29, 1.82) is 0 Å². The van der Waals surface area contributed by atoms with Gasteiger partial charge in [-0.1, -0.05) is 12.8 Å². The molecule has 20 heavy (non-hydrogen) atoms. The molecule has 3 N–H and O–H groups in total. The molecule has 1 aliphatic heterocycles. The molecule has 1 unspecified atom stereocenters. The molecule has 0 aromatic rings. The van der Waals surface area contributed by atoms with E-state index < -0.39 is 9.84 Å². The third-order valence-electron chi connectivity index (χ3n) is 3.70. The van der Waals surface area contributed by atoms with Crippen molar-refractivity contribution in [3.63, 3.8) is 0 Å². The van der Waals surface area contributed by atoms with Gasteiger partial charge in [-0.05, 0) is 19.3 Å². The van der Waals surface area contributed by atoms with Gasteiger partial charge >= 0.3 is 6.03 Å². The van der Waals surface area contributed by atoms with Gasteiger partial charge in [0.25, 0.3) is 0 Å². The van der Waals surface area contributed by atoms with Gasteiger partial charge in [-0.3, -0.25) is 4.79 Å². The molecule has 114 valence electrons. The zero-order valence-electron chi connectivity index (χ0n) is 11.4. The minimum Gasteiger partial charge on any atom is -0.351 e. The first kappa shape index (κ1) is 15.1. The lowest BCUT2D eigenvalue weighted by molar-refractivity contribution is -0.120. The quantitative estimate of drug-likeness (QED) is 0.653. The molecule has 1 heterocycles. The molecule has 0 spiro atoms. The highest BCUT2D eigenvalue weighted by molar-refractivity contribution is 7.91. The minimum absolute atomic E-state index is 0.00693. The summed E-state index contributed by atoms with van der Waals surface area (Å²) < 4.78 is 22.5. The fourth-order valence-electron chi connectivity index (χ4n) is 2.65. The van der Waals surface area contributed by atoms with Gasteiger partial charge in [0.05, 0.1) is 18.1 Å². The Hall–Kier alpha value is -1.31. The summed E-state index contributed by atoms with van der Waals surface area (Å²) in [7, 11) is -3.00. The monoisotopic (exact) mass is 303 g/mol. The molecule has 8 heteroatoms. The van der Waals surface area contributed by atoms with Crippen molar-refractivity contribution in [2.45, 2.75) is 44.2 Å². The fourth-order valence-corrected chi connectivity index (χ4v) is 4.33. The standard InChI is InChI=1S/C12H21N3O4S/c16-11(14-10-5-6-20(18,19)8-10)7-13-12(17)15-9-3-1-2-4-9/h9-10H,1-8H2,(H,14,16)(H2,13,15,17). The van der Waals surface area contributed by atoms with Crippen molar-refractivity contribution in [1.82, 2.24) is 16.0 Å². The number of amides is 3. The summed E-state index contributed by atoms with van der Waals surface area (Å²) in [6.45, 7) is -0.130. The topological polar surface area (TPSA) is 104 Å². The Bertz CT molecular complexity index is 471. The summed E-state index contributed by atoms with van der Waals surface area (Å²) in [4.78, 5) is 23.1. The average Bonchev–Trinajstić information content (AvgIpc) is 2.97. The second-order valence-corrected chi connectivity index (χ2v) is 7.70. The first-order valence-corrected chi connectivity index (χ1v) is 8.81. The number of sulfone groups is 1. The van der Waals surface area contributed by atoms with Crippen molar-refractivity contribution in [2.24, 2.45) is 0 Å². The van der Waals surface area contributed by atoms with Crippen molar-refractivity contribution < 1.29 is 18.0 Å². The summed E-state index contributed by atoms with van der Waals surface area (Å²) in [5, 5.41) is 7.93. The second-order valence-electron chi connectivity index (χ2n) is 5.48. The van der Waals surface area contributed by atoms with Crippen LogP contribution < -0.4 is 16.0 Å². The molecule has 3 amide bonds. The van der Waals surface area contributed by atoms with Crippen LogP contribution in [0.1, 0.15) is 32.1 Å². The van der Waals surface area contributed by atoms with E-state index in [-0.39, 0.29) is 42.1 Å². The summed E-state index contributed by atoms with van der Waals surface area (Å²) in [6.07, 6.45) is 4.67. The Morgan fingerprint density at radius 3 is 2.30 bits per heavy atom. The Balaban J connectivity index is 1.63. The zero-order valence-corrected chi connectivity index (χ0v) is 12.2. The maximum atomic E-state index is 11.6. The fraction of sp³-hybridized carbons (Fsp3) is 0.833. The SMILES string of the molecule is O=C(CNC(=O)NC1CCCC1)NC1CCS(=O)(=O)C1. The molecule has 0 bridgehead atoms.